The number of aromatic nitrogens is 1. The van der Waals surface area contributed by atoms with E-state index < -0.39 is 15.7 Å². The van der Waals surface area contributed by atoms with Gasteiger partial charge in [0.05, 0.1) is 17.9 Å². The number of sulfone groups is 1. The summed E-state index contributed by atoms with van der Waals surface area (Å²) >= 11 is 0. The second kappa shape index (κ2) is 6.09. The Labute approximate surface area is 144 Å². The summed E-state index contributed by atoms with van der Waals surface area (Å²) in [6.45, 7) is 0.215. The zero-order chi connectivity index (χ0) is 17.6. The Balaban J connectivity index is 1.57. The van der Waals surface area contributed by atoms with Gasteiger partial charge in [0.25, 0.3) is 0 Å². The van der Waals surface area contributed by atoms with E-state index in [1.165, 1.54) is 18.2 Å². The van der Waals surface area contributed by atoms with Crippen molar-refractivity contribution >= 4 is 26.7 Å². The predicted octanol–water partition coefficient (Wildman–Crippen LogP) is 1.94. The number of rotatable bonds is 3. The molecular weight excluding hydrogens is 347 g/mol. The van der Waals surface area contributed by atoms with Crippen molar-refractivity contribution in [2.45, 2.75) is 31.7 Å². The second-order valence-electron chi connectivity index (χ2n) is 6.91. The molecule has 2 fully saturated rings. The minimum atomic E-state index is -3.10. The van der Waals surface area contributed by atoms with Crippen LogP contribution in [0, 0.1) is 11.7 Å². The van der Waals surface area contributed by atoms with Crippen molar-refractivity contribution in [1.29, 1.82) is 0 Å². The molecule has 1 aromatic carbocycles. The average molecular weight is 366 g/mol. The lowest BCUT2D eigenvalue weighted by Crippen LogP contribution is -2.56. The van der Waals surface area contributed by atoms with E-state index in [2.05, 4.69) is 5.16 Å². The van der Waals surface area contributed by atoms with Gasteiger partial charge in [0, 0.05) is 18.0 Å². The van der Waals surface area contributed by atoms with Crippen LogP contribution in [0.1, 0.15) is 25.0 Å². The fourth-order valence-electron chi connectivity index (χ4n) is 3.69. The monoisotopic (exact) mass is 366 g/mol. The topological polar surface area (TPSA) is 80.5 Å². The number of hydrogen-bond acceptors (Lipinski definition) is 5. The Morgan fingerprint density at radius 2 is 2.16 bits per heavy atom. The second-order valence-corrected chi connectivity index (χ2v) is 9.14. The third-order valence-electron chi connectivity index (χ3n) is 5.31. The number of amides is 1. The van der Waals surface area contributed by atoms with E-state index in [1.54, 1.807) is 4.90 Å². The minimum Gasteiger partial charge on any atom is -0.356 e. The van der Waals surface area contributed by atoms with E-state index in [9.17, 15) is 17.6 Å². The third kappa shape index (κ3) is 3.15. The van der Waals surface area contributed by atoms with Gasteiger partial charge >= 0.3 is 0 Å². The van der Waals surface area contributed by atoms with E-state index in [-0.39, 0.29) is 42.3 Å². The summed E-state index contributed by atoms with van der Waals surface area (Å²) < 4.78 is 42.6. The van der Waals surface area contributed by atoms with Crippen molar-refractivity contribution in [3.63, 3.8) is 0 Å². The first-order chi connectivity index (χ1) is 11.9. The molecule has 1 saturated carbocycles. The van der Waals surface area contributed by atoms with Crippen LogP contribution >= 0.6 is 0 Å². The van der Waals surface area contributed by atoms with Crippen LogP contribution in [0.4, 0.5) is 4.39 Å². The van der Waals surface area contributed by atoms with Crippen LogP contribution in [-0.4, -0.2) is 48.5 Å². The lowest BCUT2D eigenvalue weighted by molar-refractivity contribution is -0.134. The molecule has 2 aliphatic rings. The van der Waals surface area contributed by atoms with Gasteiger partial charge in [-0.2, -0.15) is 0 Å². The average Bonchev–Trinajstić information content (AvgIpc) is 2.87. The van der Waals surface area contributed by atoms with Gasteiger partial charge in [-0.1, -0.05) is 11.6 Å². The highest BCUT2D eigenvalue weighted by Gasteiger charge is 2.40. The third-order valence-corrected chi connectivity index (χ3v) is 6.96. The molecule has 1 aliphatic carbocycles. The highest BCUT2D eigenvalue weighted by Crippen LogP contribution is 2.35. The summed E-state index contributed by atoms with van der Waals surface area (Å²) in [5, 5.41) is 4.38. The molecule has 2 heterocycles. The molecule has 6 nitrogen and oxygen atoms in total. The molecule has 0 N–H and O–H groups in total. The zero-order valence-corrected chi connectivity index (χ0v) is 14.5. The van der Waals surface area contributed by atoms with Gasteiger partial charge < -0.3 is 9.42 Å². The first-order valence-corrected chi connectivity index (χ1v) is 10.3. The van der Waals surface area contributed by atoms with Gasteiger partial charge in [-0.05, 0) is 37.0 Å². The number of carbonyl (C=O) groups is 1. The molecule has 0 bridgehead atoms. The van der Waals surface area contributed by atoms with E-state index in [4.69, 9.17) is 4.52 Å². The van der Waals surface area contributed by atoms with Crippen molar-refractivity contribution in [3.05, 3.63) is 29.7 Å². The van der Waals surface area contributed by atoms with Crippen LogP contribution in [0.25, 0.3) is 11.0 Å². The molecule has 2 aromatic rings. The van der Waals surface area contributed by atoms with Gasteiger partial charge in [0.1, 0.15) is 11.5 Å². The van der Waals surface area contributed by atoms with Crippen molar-refractivity contribution in [2.75, 3.05) is 18.1 Å². The van der Waals surface area contributed by atoms with E-state index in [0.29, 0.717) is 16.7 Å². The normalized spacial score (nSPS) is 23.6. The first-order valence-electron chi connectivity index (χ1n) is 8.47. The van der Waals surface area contributed by atoms with E-state index in [1.807, 2.05) is 0 Å². The molecule has 25 heavy (non-hydrogen) atoms. The van der Waals surface area contributed by atoms with Crippen LogP contribution in [0.15, 0.2) is 22.7 Å². The summed E-state index contributed by atoms with van der Waals surface area (Å²) in [7, 11) is -3.10. The number of carbonyl (C=O) groups excluding carboxylic acids is 1. The van der Waals surface area contributed by atoms with Crippen LogP contribution < -0.4 is 0 Å². The number of nitrogens with zero attached hydrogens (tertiary/aromatic N) is 2. The SMILES string of the molecule is O=C(Cc1noc2ccc(F)cc12)N1CCS(=O)(=O)CC1C1CCC1. The fourth-order valence-corrected chi connectivity index (χ4v) is 5.31. The maximum absolute atomic E-state index is 13.5. The Bertz CT molecular complexity index is 920. The number of halogens is 1. The standard InChI is InChI=1S/C17H19FN2O4S/c18-12-4-5-16-13(8-12)14(19-24-16)9-17(21)20-6-7-25(22,23)10-15(20)11-2-1-3-11/h4-5,8,11,15H,1-3,6-7,9-10H2. The van der Waals surface area contributed by atoms with Gasteiger partial charge in [-0.3, -0.25) is 4.79 Å². The molecule has 1 amide bonds. The summed E-state index contributed by atoms with van der Waals surface area (Å²) in [6.07, 6.45) is 2.99. The predicted molar refractivity (Wildman–Crippen MR) is 89.2 cm³/mol. The van der Waals surface area contributed by atoms with Gasteiger partial charge in [0.15, 0.2) is 15.4 Å². The van der Waals surface area contributed by atoms with Crippen LogP contribution in [0.5, 0.6) is 0 Å². The fraction of sp³-hybridized carbons (Fsp3) is 0.529. The zero-order valence-electron chi connectivity index (χ0n) is 13.7. The van der Waals surface area contributed by atoms with E-state index >= 15 is 0 Å². The largest absolute Gasteiger partial charge is 0.356 e. The van der Waals surface area contributed by atoms with Crippen LogP contribution in [0.3, 0.4) is 0 Å². The Morgan fingerprint density at radius 3 is 2.88 bits per heavy atom. The van der Waals surface area contributed by atoms with Crippen LogP contribution in [0.2, 0.25) is 0 Å². The maximum atomic E-state index is 13.5. The molecule has 1 saturated heterocycles. The van der Waals surface area contributed by atoms with Crippen molar-refractivity contribution < 1.29 is 22.1 Å². The Morgan fingerprint density at radius 1 is 1.36 bits per heavy atom. The first kappa shape index (κ1) is 16.5. The molecule has 1 atom stereocenters. The smallest absolute Gasteiger partial charge is 0.229 e. The summed E-state index contributed by atoms with van der Waals surface area (Å²) in [6, 6.07) is 3.81. The molecule has 4 rings (SSSR count). The van der Waals surface area contributed by atoms with Crippen molar-refractivity contribution in [1.82, 2.24) is 10.1 Å². The van der Waals surface area contributed by atoms with Crippen molar-refractivity contribution in [3.8, 4) is 0 Å². The molecule has 134 valence electrons. The van der Waals surface area contributed by atoms with E-state index in [0.717, 1.165) is 19.3 Å². The molecule has 1 unspecified atom stereocenters. The molecule has 0 spiro atoms. The Hall–Kier alpha value is -1.96. The van der Waals surface area contributed by atoms with Crippen molar-refractivity contribution in [2.24, 2.45) is 5.92 Å². The number of fused-ring (bicyclic) bond motifs is 1. The molecule has 0 radical (unpaired) electrons. The maximum Gasteiger partial charge on any atom is 0.229 e. The van der Waals surface area contributed by atoms with Crippen LogP contribution in [-0.2, 0) is 21.1 Å². The van der Waals surface area contributed by atoms with Gasteiger partial charge in [-0.25, -0.2) is 12.8 Å². The number of hydrogen-bond donors (Lipinski definition) is 0. The minimum absolute atomic E-state index is 0.00382. The Kier molecular flexibility index (Phi) is 4.02. The summed E-state index contributed by atoms with van der Waals surface area (Å²) in [5.74, 6) is -0.300. The molecule has 1 aliphatic heterocycles. The number of benzene rings is 1. The molecular formula is C17H19FN2O4S. The quantitative estimate of drug-likeness (QED) is 0.829. The summed E-state index contributed by atoms with van der Waals surface area (Å²) in [4.78, 5) is 14.5. The molecule has 1 aromatic heterocycles. The lowest BCUT2D eigenvalue weighted by Gasteiger charge is -2.43. The highest BCUT2D eigenvalue weighted by molar-refractivity contribution is 7.91. The lowest BCUT2D eigenvalue weighted by atomic mass is 9.79. The summed E-state index contributed by atoms with van der Waals surface area (Å²) in [5.41, 5.74) is 0.821. The highest BCUT2D eigenvalue weighted by atomic mass is 32.2. The van der Waals surface area contributed by atoms with Gasteiger partial charge in [0.2, 0.25) is 5.91 Å². The molecule has 8 heteroatoms. The van der Waals surface area contributed by atoms with Gasteiger partial charge in [-0.15, -0.1) is 0 Å².